The van der Waals surface area contributed by atoms with E-state index in [0.717, 1.165) is 25.2 Å². The van der Waals surface area contributed by atoms with Gasteiger partial charge < -0.3 is 11.1 Å². The first kappa shape index (κ1) is 16.0. The molecule has 1 unspecified atom stereocenters. The molecule has 0 saturated heterocycles. The monoisotopic (exact) mass is 328 g/mol. The number of hydrogen-bond donors (Lipinski definition) is 2. The van der Waals surface area contributed by atoms with E-state index >= 15 is 0 Å². The summed E-state index contributed by atoms with van der Waals surface area (Å²) in [6.07, 6.45) is 1.15. The minimum Gasteiger partial charge on any atom is -0.370 e. The van der Waals surface area contributed by atoms with Crippen molar-refractivity contribution in [2.24, 2.45) is 10.7 Å². The third-order valence-corrected chi connectivity index (χ3v) is 5.33. The average molecular weight is 328 g/mol. The number of aliphatic imine (C=N–C) groups is 1. The predicted octanol–water partition coefficient (Wildman–Crippen LogP) is 3.23. The third kappa shape index (κ3) is 4.12. The molecule has 3 rings (SSSR count). The van der Waals surface area contributed by atoms with Gasteiger partial charge in [-0.3, -0.25) is 9.89 Å². The lowest BCUT2D eigenvalue weighted by Crippen LogP contribution is -2.39. The van der Waals surface area contributed by atoms with Gasteiger partial charge in [0.2, 0.25) is 0 Å². The maximum atomic E-state index is 6.00. The summed E-state index contributed by atoms with van der Waals surface area (Å²) in [5, 5.41) is 5.34. The number of thiophene rings is 1. The summed E-state index contributed by atoms with van der Waals surface area (Å²) in [4.78, 5) is 8.53. The molecule has 1 atom stereocenters. The standard InChI is InChI=1S/C18H24N4S/c1-13-3-5-16(6-4-13)21-18(19)20-11-14(2)22-9-7-17-15(12-22)8-10-23-17/h3-6,8,10,14H,7,9,11-12H2,1-2H3,(H3,19,20,21). The van der Waals surface area contributed by atoms with E-state index in [1.165, 1.54) is 16.0 Å². The highest BCUT2D eigenvalue weighted by atomic mass is 32.1. The van der Waals surface area contributed by atoms with E-state index in [4.69, 9.17) is 5.73 Å². The molecule has 1 aliphatic rings. The normalized spacial score (nSPS) is 16.9. The summed E-state index contributed by atoms with van der Waals surface area (Å²) in [6.45, 7) is 7.14. The number of rotatable bonds is 4. The van der Waals surface area contributed by atoms with Gasteiger partial charge in [0, 0.05) is 29.7 Å². The van der Waals surface area contributed by atoms with Crippen LogP contribution in [0.5, 0.6) is 0 Å². The van der Waals surface area contributed by atoms with Crippen LogP contribution in [0.3, 0.4) is 0 Å². The van der Waals surface area contributed by atoms with E-state index in [9.17, 15) is 0 Å². The second-order valence-corrected chi connectivity index (χ2v) is 7.16. The van der Waals surface area contributed by atoms with Crippen molar-refractivity contribution in [3.05, 3.63) is 51.7 Å². The van der Waals surface area contributed by atoms with Gasteiger partial charge in [0.15, 0.2) is 5.96 Å². The van der Waals surface area contributed by atoms with Gasteiger partial charge in [0.25, 0.3) is 0 Å². The van der Waals surface area contributed by atoms with Crippen LogP contribution < -0.4 is 11.1 Å². The SMILES string of the molecule is Cc1ccc(NC(N)=NCC(C)N2CCc3sccc3C2)cc1. The molecule has 0 radical (unpaired) electrons. The van der Waals surface area contributed by atoms with Crippen molar-refractivity contribution in [1.82, 2.24) is 4.90 Å². The van der Waals surface area contributed by atoms with Gasteiger partial charge in [0.1, 0.15) is 0 Å². The Morgan fingerprint density at radius 1 is 1.35 bits per heavy atom. The van der Waals surface area contributed by atoms with Crippen LogP contribution in [-0.2, 0) is 13.0 Å². The molecule has 3 N–H and O–H groups in total. The number of hydrogen-bond acceptors (Lipinski definition) is 3. The molecule has 0 aliphatic carbocycles. The molecule has 1 aromatic heterocycles. The number of guanidine groups is 1. The highest BCUT2D eigenvalue weighted by molar-refractivity contribution is 7.10. The van der Waals surface area contributed by atoms with Crippen LogP contribution in [0.1, 0.15) is 22.9 Å². The summed E-state index contributed by atoms with van der Waals surface area (Å²) >= 11 is 1.88. The molecule has 2 heterocycles. The van der Waals surface area contributed by atoms with E-state index in [-0.39, 0.29) is 0 Å². The van der Waals surface area contributed by atoms with Crippen LogP contribution >= 0.6 is 11.3 Å². The Morgan fingerprint density at radius 3 is 2.91 bits per heavy atom. The van der Waals surface area contributed by atoms with E-state index in [1.807, 2.05) is 23.5 Å². The lowest BCUT2D eigenvalue weighted by Gasteiger charge is -2.31. The van der Waals surface area contributed by atoms with Crippen molar-refractivity contribution < 1.29 is 0 Å². The molecule has 5 heteroatoms. The van der Waals surface area contributed by atoms with E-state index in [1.54, 1.807) is 0 Å². The zero-order valence-corrected chi connectivity index (χ0v) is 14.6. The minimum absolute atomic E-state index is 0.390. The third-order valence-electron chi connectivity index (χ3n) is 4.31. The first-order valence-electron chi connectivity index (χ1n) is 8.05. The molecule has 23 heavy (non-hydrogen) atoms. The lowest BCUT2D eigenvalue weighted by molar-refractivity contribution is 0.197. The molecule has 0 amide bonds. The molecule has 0 fully saturated rings. The molecule has 0 bridgehead atoms. The second-order valence-electron chi connectivity index (χ2n) is 6.16. The van der Waals surface area contributed by atoms with Crippen molar-refractivity contribution in [3.8, 4) is 0 Å². The highest BCUT2D eigenvalue weighted by Crippen LogP contribution is 2.25. The number of nitrogens with one attached hydrogen (secondary N) is 1. The van der Waals surface area contributed by atoms with Crippen molar-refractivity contribution >= 4 is 23.0 Å². The fourth-order valence-corrected chi connectivity index (χ4v) is 3.71. The van der Waals surface area contributed by atoms with Crippen LogP contribution in [0.2, 0.25) is 0 Å². The van der Waals surface area contributed by atoms with Gasteiger partial charge in [-0.2, -0.15) is 0 Å². The lowest BCUT2D eigenvalue weighted by atomic mass is 10.1. The Hall–Kier alpha value is -1.85. The molecule has 0 saturated carbocycles. The fourth-order valence-electron chi connectivity index (χ4n) is 2.82. The number of nitrogens with two attached hydrogens (primary N) is 1. The first-order chi connectivity index (χ1) is 11.1. The number of anilines is 1. The molecular formula is C18H24N4S. The highest BCUT2D eigenvalue weighted by Gasteiger charge is 2.21. The maximum Gasteiger partial charge on any atom is 0.193 e. The largest absolute Gasteiger partial charge is 0.370 e. The average Bonchev–Trinajstić information content (AvgIpc) is 3.02. The molecule has 0 spiro atoms. The molecule has 122 valence electrons. The van der Waals surface area contributed by atoms with Crippen LogP contribution in [0, 0.1) is 6.92 Å². The number of benzene rings is 1. The Labute approximate surface area is 142 Å². The minimum atomic E-state index is 0.390. The van der Waals surface area contributed by atoms with E-state index < -0.39 is 0 Å². The molecule has 4 nitrogen and oxygen atoms in total. The first-order valence-corrected chi connectivity index (χ1v) is 8.92. The molecule has 1 aromatic carbocycles. The van der Waals surface area contributed by atoms with Crippen LogP contribution in [0.15, 0.2) is 40.7 Å². The van der Waals surface area contributed by atoms with E-state index in [2.05, 4.69) is 52.6 Å². The summed E-state index contributed by atoms with van der Waals surface area (Å²) in [5.74, 6) is 0.480. The van der Waals surface area contributed by atoms with Crippen molar-refractivity contribution in [3.63, 3.8) is 0 Å². The Kier molecular flexibility index (Phi) is 4.98. The molecular weight excluding hydrogens is 304 g/mol. The van der Waals surface area contributed by atoms with E-state index in [0.29, 0.717) is 18.5 Å². The summed E-state index contributed by atoms with van der Waals surface area (Å²) in [6, 6.07) is 10.8. The topological polar surface area (TPSA) is 53.6 Å². The van der Waals surface area contributed by atoms with Gasteiger partial charge in [0.05, 0.1) is 6.54 Å². The Morgan fingerprint density at radius 2 is 2.13 bits per heavy atom. The van der Waals surface area contributed by atoms with Crippen molar-refractivity contribution in [2.75, 3.05) is 18.4 Å². The van der Waals surface area contributed by atoms with Crippen LogP contribution in [0.4, 0.5) is 5.69 Å². The number of fused-ring (bicyclic) bond motifs is 1. The summed E-state index contributed by atoms with van der Waals surface area (Å²) in [7, 11) is 0. The van der Waals surface area contributed by atoms with Crippen molar-refractivity contribution in [2.45, 2.75) is 32.9 Å². The van der Waals surface area contributed by atoms with Gasteiger partial charge in [-0.15, -0.1) is 11.3 Å². The van der Waals surface area contributed by atoms with Crippen LogP contribution in [-0.4, -0.2) is 30.0 Å². The number of nitrogens with zero attached hydrogens (tertiary/aromatic N) is 2. The molecule has 1 aliphatic heterocycles. The van der Waals surface area contributed by atoms with Gasteiger partial charge in [-0.05, 0) is 49.4 Å². The number of aryl methyl sites for hydroxylation is 1. The predicted molar refractivity (Wildman–Crippen MR) is 99.2 cm³/mol. The van der Waals surface area contributed by atoms with Gasteiger partial charge in [-0.25, -0.2) is 0 Å². The fraction of sp³-hybridized carbons (Fsp3) is 0.389. The summed E-state index contributed by atoms with van der Waals surface area (Å²) < 4.78 is 0. The zero-order valence-electron chi connectivity index (χ0n) is 13.7. The quantitative estimate of drug-likeness (QED) is 0.669. The maximum absolute atomic E-state index is 6.00. The van der Waals surface area contributed by atoms with Crippen molar-refractivity contribution in [1.29, 1.82) is 0 Å². The second kappa shape index (κ2) is 7.15. The zero-order chi connectivity index (χ0) is 16.2. The Balaban J connectivity index is 1.53. The smallest absolute Gasteiger partial charge is 0.193 e. The van der Waals surface area contributed by atoms with Crippen LogP contribution in [0.25, 0.3) is 0 Å². The van der Waals surface area contributed by atoms with Gasteiger partial charge >= 0.3 is 0 Å². The van der Waals surface area contributed by atoms with Gasteiger partial charge in [-0.1, -0.05) is 17.7 Å². The molecule has 2 aromatic rings. The summed E-state index contributed by atoms with van der Waals surface area (Å²) in [5.41, 5.74) is 9.69. The Bertz CT molecular complexity index is 675.